The van der Waals surface area contributed by atoms with E-state index in [-0.39, 0.29) is 0 Å². The van der Waals surface area contributed by atoms with Gasteiger partial charge in [0.25, 0.3) is 0 Å². The molecule has 2 nitrogen and oxygen atoms in total. The number of hydrogen-bond acceptors (Lipinski definition) is 1. The lowest BCUT2D eigenvalue weighted by molar-refractivity contribution is 0.619. The number of benzene rings is 1. The van der Waals surface area contributed by atoms with E-state index in [1.165, 1.54) is 0 Å². The van der Waals surface area contributed by atoms with Gasteiger partial charge in [0.2, 0.25) is 0 Å². The Morgan fingerprint density at radius 3 is 2.62 bits per heavy atom. The van der Waals surface area contributed by atoms with Crippen molar-refractivity contribution >= 4 is 23.1 Å². The first-order chi connectivity index (χ1) is 6.09. The van der Waals surface area contributed by atoms with E-state index in [9.17, 15) is 0 Å². The van der Waals surface area contributed by atoms with Crippen molar-refractivity contribution in [1.29, 1.82) is 0 Å². The van der Waals surface area contributed by atoms with Crippen LogP contribution in [0, 0.1) is 0 Å². The number of rotatable bonds is 1. The molecule has 0 aliphatic carbocycles. The van der Waals surface area contributed by atoms with Gasteiger partial charge in [-0.05, 0) is 25.1 Å². The summed E-state index contributed by atoms with van der Waals surface area (Å²) in [7, 11) is 3.92. The smallest absolute Gasteiger partial charge is 0.101 e. The molecule has 0 unspecified atom stereocenters. The van der Waals surface area contributed by atoms with Crippen molar-refractivity contribution in [3.63, 3.8) is 0 Å². The SMILES string of the molecule is CC(=Nc1cccc(Cl)c1)N(C)C. The zero-order chi connectivity index (χ0) is 9.84. The van der Waals surface area contributed by atoms with Crippen LogP contribution in [0.2, 0.25) is 5.02 Å². The fourth-order valence-corrected chi connectivity index (χ4v) is 1.02. The van der Waals surface area contributed by atoms with Gasteiger partial charge in [0.15, 0.2) is 0 Å². The summed E-state index contributed by atoms with van der Waals surface area (Å²) in [5.74, 6) is 0.960. The van der Waals surface area contributed by atoms with Crippen molar-refractivity contribution in [2.24, 2.45) is 4.99 Å². The second kappa shape index (κ2) is 4.28. The zero-order valence-corrected chi connectivity index (χ0v) is 8.84. The van der Waals surface area contributed by atoms with E-state index in [1.54, 1.807) is 0 Å². The third kappa shape index (κ3) is 3.07. The predicted molar refractivity (Wildman–Crippen MR) is 57.9 cm³/mol. The highest BCUT2D eigenvalue weighted by Crippen LogP contribution is 2.17. The normalized spacial score (nSPS) is 11.5. The molecule has 0 amide bonds. The lowest BCUT2D eigenvalue weighted by Gasteiger charge is -2.10. The van der Waals surface area contributed by atoms with E-state index in [0.29, 0.717) is 5.02 Å². The first-order valence-corrected chi connectivity index (χ1v) is 4.45. The van der Waals surface area contributed by atoms with Crippen LogP contribution in [0.4, 0.5) is 5.69 Å². The van der Waals surface area contributed by atoms with E-state index >= 15 is 0 Å². The van der Waals surface area contributed by atoms with Crippen molar-refractivity contribution in [2.45, 2.75) is 6.92 Å². The third-order valence-electron chi connectivity index (χ3n) is 1.75. The highest BCUT2D eigenvalue weighted by atomic mass is 35.5. The average Bonchev–Trinajstić information content (AvgIpc) is 2.04. The maximum absolute atomic E-state index is 5.83. The van der Waals surface area contributed by atoms with Crippen molar-refractivity contribution in [2.75, 3.05) is 14.1 Å². The van der Waals surface area contributed by atoms with Crippen LogP contribution in [0.25, 0.3) is 0 Å². The molecule has 0 atom stereocenters. The molecule has 0 spiro atoms. The average molecular weight is 197 g/mol. The third-order valence-corrected chi connectivity index (χ3v) is 1.98. The molecule has 0 bridgehead atoms. The van der Waals surface area contributed by atoms with Crippen LogP contribution in [-0.4, -0.2) is 24.8 Å². The van der Waals surface area contributed by atoms with Crippen LogP contribution < -0.4 is 0 Å². The van der Waals surface area contributed by atoms with Crippen LogP contribution in [-0.2, 0) is 0 Å². The Bertz CT molecular complexity index is 318. The Morgan fingerprint density at radius 2 is 2.08 bits per heavy atom. The maximum atomic E-state index is 5.83. The second-order valence-corrected chi connectivity index (χ2v) is 3.47. The molecule has 0 saturated heterocycles. The largest absolute Gasteiger partial charge is 0.366 e. The molecule has 0 radical (unpaired) electrons. The molecule has 13 heavy (non-hydrogen) atoms. The van der Waals surface area contributed by atoms with Gasteiger partial charge in [0.1, 0.15) is 5.84 Å². The van der Waals surface area contributed by atoms with Crippen LogP contribution in [0.3, 0.4) is 0 Å². The fraction of sp³-hybridized carbons (Fsp3) is 0.300. The fourth-order valence-electron chi connectivity index (χ4n) is 0.833. The van der Waals surface area contributed by atoms with E-state index in [0.717, 1.165) is 11.5 Å². The van der Waals surface area contributed by atoms with E-state index in [4.69, 9.17) is 11.6 Å². The van der Waals surface area contributed by atoms with Crippen molar-refractivity contribution in [1.82, 2.24) is 4.90 Å². The summed E-state index contributed by atoms with van der Waals surface area (Å²) in [5.41, 5.74) is 0.888. The van der Waals surface area contributed by atoms with Crippen molar-refractivity contribution < 1.29 is 0 Å². The summed E-state index contributed by atoms with van der Waals surface area (Å²) in [6.45, 7) is 1.96. The Labute approximate surface area is 83.8 Å². The molecule has 1 aromatic carbocycles. The number of aliphatic imine (C=N–C) groups is 1. The maximum Gasteiger partial charge on any atom is 0.101 e. The molecule has 0 N–H and O–H groups in total. The molecule has 0 saturated carbocycles. The van der Waals surface area contributed by atoms with Crippen LogP contribution in [0.15, 0.2) is 29.3 Å². The number of amidine groups is 1. The Kier molecular flexibility index (Phi) is 3.32. The van der Waals surface area contributed by atoms with Crippen molar-refractivity contribution in [3.8, 4) is 0 Å². The quantitative estimate of drug-likeness (QED) is 0.498. The van der Waals surface area contributed by atoms with Gasteiger partial charge in [0, 0.05) is 19.1 Å². The van der Waals surface area contributed by atoms with Gasteiger partial charge in [-0.25, -0.2) is 4.99 Å². The van der Waals surface area contributed by atoms with Gasteiger partial charge < -0.3 is 4.90 Å². The summed E-state index contributed by atoms with van der Waals surface area (Å²) in [4.78, 5) is 6.34. The van der Waals surface area contributed by atoms with Crippen LogP contribution in [0.1, 0.15) is 6.92 Å². The Balaban J connectivity index is 2.91. The van der Waals surface area contributed by atoms with Crippen LogP contribution >= 0.6 is 11.6 Å². The highest BCUT2D eigenvalue weighted by Gasteiger charge is 1.94. The molecular formula is C10H13ClN2. The molecule has 0 fully saturated rings. The lowest BCUT2D eigenvalue weighted by Crippen LogP contribution is -2.17. The highest BCUT2D eigenvalue weighted by molar-refractivity contribution is 6.30. The summed E-state index contributed by atoms with van der Waals surface area (Å²) >= 11 is 5.83. The van der Waals surface area contributed by atoms with Gasteiger partial charge >= 0.3 is 0 Å². The first-order valence-electron chi connectivity index (χ1n) is 4.08. The molecule has 0 aliphatic heterocycles. The summed E-state index contributed by atoms with van der Waals surface area (Å²) in [6, 6.07) is 7.50. The Hall–Kier alpha value is -1.02. The second-order valence-electron chi connectivity index (χ2n) is 3.03. The van der Waals surface area contributed by atoms with Gasteiger partial charge in [-0.2, -0.15) is 0 Å². The number of hydrogen-bond donors (Lipinski definition) is 0. The molecular weight excluding hydrogens is 184 g/mol. The Morgan fingerprint density at radius 1 is 1.38 bits per heavy atom. The van der Waals surface area contributed by atoms with Gasteiger partial charge in [-0.1, -0.05) is 17.7 Å². The molecule has 70 valence electrons. The topological polar surface area (TPSA) is 15.6 Å². The lowest BCUT2D eigenvalue weighted by atomic mass is 10.3. The summed E-state index contributed by atoms with van der Waals surface area (Å²) in [5, 5.41) is 0.716. The van der Waals surface area contributed by atoms with E-state index < -0.39 is 0 Å². The van der Waals surface area contributed by atoms with E-state index in [1.807, 2.05) is 50.2 Å². The van der Waals surface area contributed by atoms with Gasteiger partial charge in [-0.3, -0.25) is 0 Å². The molecule has 0 heterocycles. The number of halogens is 1. The van der Waals surface area contributed by atoms with E-state index in [2.05, 4.69) is 4.99 Å². The summed E-state index contributed by atoms with van der Waals surface area (Å²) < 4.78 is 0. The van der Waals surface area contributed by atoms with Gasteiger partial charge in [0.05, 0.1) is 5.69 Å². The molecule has 0 aromatic heterocycles. The predicted octanol–water partition coefficient (Wildman–Crippen LogP) is 2.95. The first kappa shape index (κ1) is 10.1. The zero-order valence-electron chi connectivity index (χ0n) is 8.08. The van der Waals surface area contributed by atoms with Crippen molar-refractivity contribution in [3.05, 3.63) is 29.3 Å². The molecule has 0 aliphatic rings. The van der Waals surface area contributed by atoms with Gasteiger partial charge in [-0.15, -0.1) is 0 Å². The summed E-state index contributed by atoms with van der Waals surface area (Å²) in [6.07, 6.45) is 0. The minimum Gasteiger partial charge on any atom is -0.366 e. The molecule has 1 rings (SSSR count). The monoisotopic (exact) mass is 196 g/mol. The standard InChI is InChI=1S/C10H13ClN2/c1-8(13(2)3)12-10-6-4-5-9(11)7-10/h4-7H,1-3H3. The molecule has 3 heteroatoms. The minimum absolute atomic E-state index is 0.716. The number of nitrogens with zero attached hydrogens (tertiary/aromatic N) is 2. The minimum atomic E-state index is 0.716. The molecule has 1 aromatic rings. The van der Waals surface area contributed by atoms with Crippen LogP contribution in [0.5, 0.6) is 0 Å².